The van der Waals surface area contributed by atoms with E-state index in [2.05, 4.69) is 20.9 Å². The Hall–Kier alpha value is -1.60. The molecule has 0 aliphatic carbocycles. The van der Waals surface area contributed by atoms with Crippen molar-refractivity contribution < 1.29 is 4.79 Å². The highest BCUT2D eigenvalue weighted by Crippen LogP contribution is 2.21. The second kappa shape index (κ2) is 6.26. The molecule has 1 amide bonds. The molecule has 1 aromatic heterocycles. The van der Waals surface area contributed by atoms with Gasteiger partial charge in [-0.15, -0.1) is 0 Å². The third kappa shape index (κ3) is 2.83. The van der Waals surface area contributed by atoms with Crippen LogP contribution in [0.25, 0.3) is 0 Å². The van der Waals surface area contributed by atoms with Crippen LogP contribution >= 0.6 is 27.7 Å². The molecule has 0 N–H and O–H groups in total. The highest BCUT2D eigenvalue weighted by Gasteiger charge is 2.22. The van der Waals surface area contributed by atoms with Crippen molar-refractivity contribution in [1.29, 1.82) is 0 Å². The fourth-order valence-corrected chi connectivity index (χ4v) is 3.65. The highest BCUT2D eigenvalue weighted by atomic mass is 79.9. The molecule has 0 saturated heterocycles. The summed E-state index contributed by atoms with van der Waals surface area (Å²) < 4.78 is 2.51. The van der Waals surface area contributed by atoms with Gasteiger partial charge in [0.25, 0.3) is 11.5 Å². The lowest BCUT2D eigenvalue weighted by Crippen LogP contribution is -2.34. The summed E-state index contributed by atoms with van der Waals surface area (Å²) in [5.41, 5.74) is 0.864. The van der Waals surface area contributed by atoms with Crippen LogP contribution in [0, 0.1) is 0 Å². The number of hydrogen-bond acceptors (Lipinski definition) is 4. The maximum Gasteiger partial charge on any atom is 0.267 e. The highest BCUT2D eigenvalue weighted by molar-refractivity contribution is 9.10. The number of hydrogen-bond donors (Lipinski definition) is 0. The first kappa shape index (κ1) is 15.3. The monoisotopic (exact) mass is 379 g/mol. The van der Waals surface area contributed by atoms with E-state index in [0.29, 0.717) is 18.2 Å². The normalized spacial score (nSPS) is 13.0. The molecule has 2 heterocycles. The van der Waals surface area contributed by atoms with Crippen LogP contribution < -0.4 is 5.56 Å². The molecule has 0 unspecified atom stereocenters. The predicted molar refractivity (Wildman–Crippen MR) is 89.2 cm³/mol. The summed E-state index contributed by atoms with van der Waals surface area (Å²) in [5, 5.41) is 0.690. The average Bonchev–Trinajstić information content (AvgIpc) is 2.99. The molecule has 22 heavy (non-hydrogen) atoms. The number of benzene rings is 1. The van der Waals surface area contributed by atoms with Crippen LogP contribution in [-0.4, -0.2) is 33.2 Å². The minimum absolute atomic E-state index is 0.126. The minimum Gasteiger partial charge on any atom is -0.337 e. The minimum atomic E-state index is -0.305. The third-order valence-corrected chi connectivity index (χ3v) is 5.24. The fraction of sp³-hybridized carbons (Fsp3) is 0.267. The van der Waals surface area contributed by atoms with E-state index in [0.717, 1.165) is 15.8 Å². The lowest BCUT2D eigenvalue weighted by Gasteiger charge is -2.18. The summed E-state index contributed by atoms with van der Waals surface area (Å²) in [6, 6.07) is 7.71. The summed E-state index contributed by atoms with van der Waals surface area (Å²) >= 11 is 5.00. The standard InChI is InChI=1S/C15H14BrN3O2S/c1-18(9-10-4-2-3-5-12(10)16)13(20)11-8-17-15-19(14(11)21)6-7-22-15/h2-5,8H,6-7,9H2,1H3. The maximum atomic E-state index is 12.5. The first-order valence-corrected chi connectivity index (χ1v) is 8.57. The Kier molecular flexibility index (Phi) is 4.35. The Balaban J connectivity index is 1.85. The molecule has 3 rings (SSSR count). The Morgan fingerprint density at radius 2 is 2.23 bits per heavy atom. The van der Waals surface area contributed by atoms with Crippen LogP contribution in [0.3, 0.4) is 0 Å². The maximum absolute atomic E-state index is 12.5. The number of fused-ring (bicyclic) bond motifs is 1. The molecular formula is C15H14BrN3O2S. The van der Waals surface area contributed by atoms with Gasteiger partial charge in [-0.25, -0.2) is 4.98 Å². The van der Waals surface area contributed by atoms with Crippen molar-refractivity contribution >= 4 is 33.6 Å². The Labute approximate surface area is 140 Å². The van der Waals surface area contributed by atoms with Gasteiger partial charge in [0.2, 0.25) is 0 Å². The average molecular weight is 380 g/mol. The molecule has 2 aromatic rings. The molecular weight excluding hydrogens is 366 g/mol. The van der Waals surface area contributed by atoms with Gasteiger partial charge in [-0.3, -0.25) is 14.2 Å². The number of carbonyl (C=O) groups excluding carboxylic acids is 1. The molecule has 114 valence electrons. The number of rotatable bonds is 3. The summed E-state index contributed by atoms with van der Waals surface area (Å²) in [4.78, 5) is 30.7. The van der Waals surface area contributed by atoms with Crippen LogP contribution in [0.15, 0.2) is 44.9 Å². The van der Waals surface area contributed by atoms with Gasteiger partial charge in [-0.1, -0.05) is 45.9 Å². The summed E-state index contributed by atoms with van der Waals surface area (Å²) in [5.74, 6) is 0.521. The van der Waals surface area contributed by atoms with E-state index in [4.69, 9.17) is 0 Å². The Morgan fingerprint density at radius 1 is 1.45 bits per heavy atom. The molecule has 5 nitrogen and oxygen atoms in total. The number of amides is 1. The lowest BCUT2D eigenvalue weighted by molar-refractivity contribution is 0.0781. The number of carbonyl (C=O) groups is 1. The van der Waals surface area contributed by atoms with Gasteiger partial charge in [0.1, 0.15) is 5.56 Å². The number of aromatic nitrogens is 2. The van der Waals surface area contributed by atoms with Crippen molar-refractivity contribution in [2.24, 2.45) is 0 Å². The molecule has 0 saturated carbocycles. The quantitative estimate of drug-likeness (QED) is 0.768. The SMILES string of the molecule is CN(Cc1ccccc1Br)C(=O)c1cnc2n(c1=O)CCS2. The van der Waals surface area contributed by atoms with Crippen molar-refractivity contribution in [2.45, 2.75) is 18.2 Å². The Morgan fingerprint density at radius 3 is 3.00 bits per heavy atom. The zero-order valence-corrected chi connectivity index (χ0v) is 14.4. The molecule has 0 bridgehead atoms. The smallest absolute Gasteiger partial charge is 0.267 e. The van der Waals surface area contributed by atoms with Crippen LogP contribution in [0.2, 0.25) is 0 Å². The molecule has 0 spiro atoms. The van der Waals surface area contributed by atoms with Crippen LogP contribution in [0.4, 0.5) is 0 Å². The third-order valence-electron chi connectivity index (χ3n) is 3.50. The number of halogens is 1. The van der Waals surface area contributed by atoms with Gasteiger partial charge in [-0.2, -0.15) is 0 Å². The van der Waals surface area contributed by atoms with E-state index in [1.165, 1.54) is 22.9 Å². The number of thioether (sulfide) groups is 1. The van der Waals surface area contributed by atoms with E-state index >= 15 is 0 Å². The van der Waals surface area contributed by atoms with E-state index in [1.807, 2.05) is 24.3 Å². The fourth-order valence-electron chi connectivity index (χ4n) is 2.32. The van der Waals surface area contributed by atoms with Gasteiger partial charge >= 0.3 is 0 Å². The van der Waals surface area contributed by atoms with E-state index < -0.39 is 0 Å². The molecule has 0 fully saturated rings. The van der Waals surface area contributed by atoms with Crippen molar-refractivity contribution in [2.75, 3.05) is 12.8 Å². The van der Waals surface area contributed by atoms with Crippen LogP contribution in [-0.2, 0) is 13.1 Å². The van der Waals surface area contributed by atoms with Crippen molar-refractivity contribution in [3.05, 3.63) is 56.4 Å². The zero-order chi connectivity index (χ0) is 15.7. The zero-order valence-electron chi connectivity index (χ0n) is 12.0. The van der Waals surface area contributed by atoms with E-state index in [9.17, 15) is 9.59 Å². The van der Waals surface area contributed by atoms with Crippen molar-refractivity contribution in [3.8, 4) is 0 Å². The molecule has 7 heteroatoms. The van der Waals surface area contributed by atoms with Gasteiger partial charge in [0.15, 0.2) is 5.16 Å². The molecule has 0 atom stereocenters. The van der Waals surface area contributed by atoms with E-state index in [1.54, 1.807) is 11.6 Å². The lowest BCUT2D eigenvalue weighted by atomic mass is 10.2. The number of nitrogens with zero attached hydrogens (tertiary/aromatic N) is 3. The molecule has 0 radical (unpaired) electrons. The molecule has 1 aromatic carbocycles. The van der Waals surface area contributed by atoms with Crippen LogP contribution in [0.1, 0.15) is 15.9 Å². The Bertz CT molecular complexity index is 791. The second-order valence-electron chi connectivity index (χ2n) is 5.01. The first-order chi connectivity index (χ1) is 10.6. The van der Waals surface area contributed by atoms with Crippen LogP contribution in [0.5, 0.6) is 0 Å². The largest absolute Gasteiger partial charge is 0.337 e. The predicted octanol–water partition coefficient (Wildman–Crippen LogP) is 2.38. The molecule has 1 aliphatic heterocycles. The topological polar surface area (TPSA) is 55.2 Å². The van der Waals surface area contributed by atoms with Crippen molar-refractivity contribution in [1.82, 2.24) is 14.5 Å². The van der Waals surface area contributed by atoms with Crippen molar-refractivity contribution in [3.63, 3.8) is 0 Å². The molecule has 1 aliphatic rings. The summed E-state index contributed by atoms with van der Waals surface area (Å²) in [6.07, 6.45) is 1.39. The summed E-state index contributed by atoms with van der Waals surface area (Å²) in [7, 11) is 1.69. The van der Waals surface area contributed by atoms with Gasteiger partial charge in [-0.05, 0) is 11.6 Å². The van der Waals surface area contributed by atoms with Gasteiger partial charge < -0.3 is 4.90 Å². The van der Waals surface area contributed by atoms with Gasteiger partial charge in [0.05, 0.1) is 0 Å². The first-order valence-electron chi connectivity index (χ1n) is 6.79. The second-order valence-corrected chi connectivity index (χ2v) is 6.93. The summed E-state index contributed by atoms with van der Waals surface area (Å²) in [6.45, 7) is 1.04. The van der Waals surface area contributed by atoms with Gasteiger partial charge in [0, 0.05) is 36.6 Å². The van der Waals surface area contributed by atoms with E-state index in [-0.39, 0.29) is 17.0 Å².